The van der Waals surface area contributed by atoms with Crippen LogP contribution in [0.5, 0.6) is 11.5 Å². The van der Waals surface area contributed by atoms with Crippen molar-refractivity contribution in [2.45, 2.75) is 56.3 Å². The molecule has 55 heavy (non-hydrogen) atoms. The van der Waals surface area contributed by atoms with Gasteiger partial charge in [0.15, 0.2) is 5.60 Å². The number of carbonyl (C=O) groups excluding carboxylic acids is 2. The molecule has 2 amide bonds. The summed E-state index contributed by atoms with van der Waals surface area (Å²) in [6.07, 6.45) is 2.79. The van der Waals surface area contributed by atoms with Crippen molar-refractivity contribution in [2.75, 3.05) is 31.0 Å². The number of ether oxygens (including phenoxy) is 3. The average molecular weight is 758 g/mol. The average Bonchev–Trinajstić information content (AvgIpc) is 3.87. The molecule has 2 N–H and O–H groups in total. The molecular formula is C43H47N5O6Si. The van der Waals surface area contributed by atoms with Crippen LogP contribution in [0.2, 0.25) is 18.6 Å². The van der Waals surface area contributed by atoms with Gasteiger partial charge in [-0.05, 0) is 72.1 Å². The van der Waals surface area contributed by atoms with E-state index < -0.39 is 19.8 Å². The van der Waals surface area contributed by atoms with Gasteiger partial charge in [0.05, 0.1) is 40.3 Å². The van der Waals surface area contributed by atoms with Gasteiger partial charge < -0.3 is 29.5 Å². The zero-order valence-electron chi connectivity index (χ0n) is 31.8. The minimum Gasteiger partial charge on any atom is -0.497 e. The van der Waals surface area contributed by atoms with E-state index in [1.165, 1.54) is 5.19 Å². The van der Waals surface area contributed by atoms with Crippen molar-refractivity contribution in [2.24, 2.45) is 5.92 Å². The van der Waals surface area contributed by atoms with E-state index in [4.69, 9.17) is 14.2 Å². The Hall–Kier alpha value is -5.56. The van der Waals surface area contributed by atoms with Crippen LogP contribution >= 0.6 is 0 Å². The molecule has 0 saturated carbocycles. The van der Waals surface area contributed by atoms with E-state index in [0.29, 0.717) is 42.2 Å². The predicted octanol–water partition coefficient (Wildman–Crippen LogP) is 6.47. The minimum atomic E-state index is -2.42. The van der Waals surface area contributed by atoms with E-state index in [-0.39, 0.29) is 29.4 Å². The van der Waals surface area contributed by atoms with E-state index >= 15 is 0 Å². The molecule has 7 rings (SSSR count). The van der Waals surface area contributed by atoms with Crippen LogP contribution in [-0.4, -0.2) is 66.9 Å². The summed E-state index contributed by atoms with van der Waals surface area (Å²) < 4.78 is 19.8. The lowest BCUT2D eigenvalue weighted by Crippen LogP contribution is -2.51. The van der Waals surface area contributed by atoms with Crippen LogP contribution < -0.4 is 24.9 Å². The second-order valence-corrected chi connectivity index (χ2v) is 19.5. The zero-order valence-corrected chi connectivity index (χ0v) is 32.8. The van der Waals surface area contributed by atoms with Crippen LogP contribution in [0.25, 0.3) is 0 Å². The first-order valence-corrected chi connectivity index (χ1v) is 21.6. The quantitative estimate of drug-likeness (QED) is 0.103. The van der Waals surface area contributed by atoms with Crippen LogP contribution in [0, 0.1) is 5.92 Å². The predicted molar refractivity (Wildman–Crippen MR) is 215 cm³/mol. The van der Waals surface area contributed by atoms with Gasteiger partial charge in [0.25, 0.3) is 11.8 Å². The monoisotopic (exact) mass is 757 g/mol. The normalized spacial score (nSPS) is 21.0. The molecule has 5 aromatic rings. The van der Waals surface area contributed by atoms with Gasteiger partial charge in [-0.25, -0.2) is 0 Å². The molecule has 1 spiro atoms. The molecule has 2 aliphatic heterocycles. The number of aromatic nitrogens is 3. The van der Waals surface area contributed by atoms with E-state index in [0.717, 1.165) is 22.6 Å². The Morgan fingerprint density at radius 1 is 1.02 bits per heavy atom. The largest absolute Gasteiger partial charge is 0.497 e. The third-order valence-electron chi connectivity index (χ3n) is 11.4. The van der Waals surface area contributed by atoms with E-state index in [2.05, 4.69) is 54.4 Å². The molecule has 4 aromatic carbocycles. The fourth-order valence-electron chi connectivity index (χ4n) is 8.53. The Balaban J connectivity index is 1.25. The first-order valence-electron chi connectivity index (χ1n) is 18.5. The molecule has 12 heteroatoms. The lowest BCUT2D eigenvalue weighted by atomic mass is 9.82. The minimum absolute atomic E-state index is 0.0168. The van der Waals surface area contributed by atoms with Crippen molar-refractivity contribution in [3.63, 3.8) is 0 Å². The number of anilines is 2. The molecule has 2 aliphatic rings. The highest BCUT2D eigenvalue weighted by Crippen LogP contribution is 2.60. The standard InChI is InChI=1S/C43H47N5O6Si/c1-7-24-48-37-22-15-31(44-41(50)30-13-16-32(52-3)17-14-30)26-35(37)43(42(48)51)28(2)40(55(5,6)34-20-18-33(53-4)19-21-34)38(54-43)23-25-47-27-36(45-46-47)39(49)29-11-9-8-10-12-29/h7-22,26-28,38-40,49H,1,23-25H2,2-6H3,(H,44,50)/t28-,38+,39-,40-,43+/m1/s1. The Morgan fingerprint density at radius 2 is 1.69 bits per heavy atom. The van der Waals surface area contributed by atoms with Gasteiger partial charge in [-0.15, -0.1) is 11.7 Å². The fourth-order valence-corrected chi connectivity index (χ4v) is 12.6. The van der Waals surface area contributed by atoms with Crippen molar-refractivity contribution < 1.29 is 28.9 Å². The molecule has 0 unspecified atom stereocenters. The highest BCUT2D eigenvalue weighted by molar-refractivity contribution is 6.91. The van der Waals surface area contributed by atoms with Crippen LogP contribution in [-0.2, 0) is 21.7 Å². The highest BCUT2D eigenvalue weighted by Gasteiger charge is 2.66. The Morgan fingerprint density at radius 3 is 2.35 bits per heavy atom. The third kappa shape index (κ3) is 6.86. The highest BCUT2D eigenvalue weighted by atomic mass is 28.3. The number of hydrogen-bond donors (Lipinski definition) is 2. The number of aryl methyl sites for hydroxylation is 1. The maximum Gasteiger partial charge on any atom is 0.264 e. The summed E-state index contributed by atoms with van der Waals surface area (Å²) in [7, 11) is 0.821. The third-order valence-corrected chi connectivity index (χ3v) is 15.7. The second-order valence-electron chi connectivity index (χ2n) is 14.8. The van der Waals surface area contributed by atoms with Gasteiger partial charge in [-0.2, -0.15) is 0 Å². The van der Waals surface area contributed by atoms with Gasteiger partial charge in [0.2, 0.25) is 0 Å². The van der Waals surface area contributed by atoms with Gasteiger partial charge in [0.1, 0.15) is 23.3 Å². The topological polar surface area (TPSA) is 128 Å². The molecule has 0 radical (unpaired) electrons. The molecule has 1 aromatic heterocycles. The van der Waals surface area contributed by atoms with Crippen molar-refractivity contribution in [3.05, 3.63) is 138 Å². The molecule has 1 fully saturated rings. The number of rotatable bonds is 13. The molecule has 11 nitrogen and oxygen atoms in total. The van der Waals surface area contributed by atoms with Crippen LogP contribution in [0.1, 0.15) is 46.6 Å². The van der Waals surface area contributed by atoms with E-state index in [9.17, 15) is 14.7 Å². The zero-order chi connectivity index (χ0) is 38.9. The number of benzene rings is 4. The number of fused-ring (bicyclic) bond motifs is 2. The number of aliphatic hydroxyl groups excluding tert-OH is 1. The van der Waals surface area contributed by atoms with Crippen LogP contribution in [0.15, 0.2) is 116 Å². The summed E-state index contributed by atoms with van der Waals surface area (Å²) in [5.41, 5.74) is 2.35. The number of carbonyl (C=O) groups is 2. The Kier molecular flexibility index (Phi) is 10.5. The van der Waals surface area contributed by atoms with Gasteiger partial charge in [-0.1, -0.05) is 79.0 Å². The molecule has 0 bridgehead atoms. The molecule has 3 heterocycles. The van der Waals surface area contributed by atoms with E-state index in [1.54, 1.807) is 60.3 Å². The molecule has 284 valence electrons. The molecular weight excluding hydrogens is 711 g/mol. The number of aliphatic hydroxyl groups is 1. The van der Waals surface area contributed by atoms with Crippen molar-refractivity contribution >= 4 is 36.4 Å². The lowest BCUT2D eigenvalue weighted by Gasteiger charge is -2.37. The maximum atomic E-state index is 14.9. The van der Waals surface area contributed by atoms with Crippen molar-refractivity contribution in [1.29, 1.82) is 0 Å². The SMILES string of the molecule is C=CCN1C(=O)[C@@]2(O[C@@H](CCn3cc([C@H](O)c4ccccc4)nn3)[C@H]([Si](C)(C)c3ccc(OC)cc3)[C@H]2C)c2cc(NC(=O)c3ccc(OC)cc3)ccc21. The summed E-state index contributed by atoms with van der Waals surface area (Å²) >= 11 is 0. The Bertz CT molecular complexity index is 2170. The molecule has 0 aliphatic carbocycles. The van der Waals surface area contributed by atoms with Gasteiger partial charge in [0, 0.05) is 35.8 Å². The Labute approximate surface area is 322 Å². The second kappa shape index (κ2) is 15.3. The fraction of sp³-hybridized carbons (Fsp3) is 0.302. The van der Waals surface area contributed by atoms with Gasteiger partial charge in [-0.3, -0.25) is 14.3 Å². The first kappa shape index (κ1) is 37.7. The van der Waals surface area contributed by atoms with Crippen molar-refractivity contribution in [1.82, 2.24) is 15.0 Å². The lowest BCUT2D eigenvalue weighted by molar-refractivity contribution is -0.145. The smallest absolute Gasteiger partial charge is 0.264 e. The van der Waals surface area contributed by atoms with Gasteiger partial charge >= 0.3 is 0 Å². The van der Waals surface area contributed by atoms with Crippen molar-refractivity contribution in [3.8, 4) is 11.5 Å². The van der Waals surface area contributed by atoms with Crippen LogP contribution in [0.3, 0.4) is 0 Å². The number of nitrogens with one attached hydrogen (secondary N) is 1. The summed E-state index contributed by atoms with van der Waals surface area (Å²) in [4.78, 5) is 30.1. The molecule has 5 atom stereocenters. The van der Waals surface area contributed by atoms with Crippen LogP contribution in [0.4, 0.5) is 11.4 Å². The summed E-state index contributed by atoms with van der Waals surface area (Å²) in [5.74, 6) is 0.762. The van der Waals surface area contributed by atoms with E-state index in [1.807, 2.05) is 60.7 Å². The number of hydrogen-bond acceptors (Lipinski definition) is 8. The molecule has 1 saturated heterocycles. The summed E-state index contributed by atoms with van der Waals surface area (Å²) in [5, 5.41) is 23.9. The first-order chi connectivity index (χ1) is 26.5. The number of nitrogens with zero attached hydrogens (tertiary/aromatic N) is 4. The number of amides is 2. The number of methoxy groups -OCH3 is 2. The summed E-state index contributed by atoms with van der Waals surface area (Å²) in [6, 6.07) is 30.1. The summed E-state index contributed by atoms with van der Waals surface area (Å²) in [6.45, 7) is 11.5. The maximum absolute atomic E-state index is 14.9.